The Balaban J connectivity index is 1.34. The van der Waals surface area contributed by atoms with Gasteiger partial charge in [0.25, 0.3) is 0 Å². The van der Waals surface area contributed by atoms with Crippen LogP contribution in [0.4, 0.5) is 10.2 Å². The lowest BCUT2D eigenvalue weighted by Gasteiger charge is -2.24. The summed E-state index contributed by atoms with van der Waals surface area (Å²) in [6.07, 6.45) is 5.17. The van der Waals surface area contributed by atoms with Gasteiger partial charge in [0.1, 0.15) is 24.0 Å². The molecule has 1 aromatic heterocycles. The molecule has 7 nitrogen and oxygen atoms in total. The minimum Gasteiger partial charge on any atom is -0.491 e. The molecular weight excluding hydrogens is 449 g/mol. The molecule has 0 radical (unpaired) electrons. The number of hydrogen-bond donors (Lipinski definition) is 2. The van der Waals surface area contributed by atoms with Crippen molar-refractivity contribution in [2.45, 2.75) is 44.4 Å². The van der Waals surface area contributed by atoms with Gasteiger partial charge < -0.3 is 24.8 Å². The number of fused-ring (bicyclic) bond motifs is 1. The maximum atomic E-state index is 14.7. The monoisotopic (exact) mass is 485 g/mol. The van der Waals surface area contributed by atoms with Gasteiger partial charge in [0, 0.05) is 38.4 Å². The van der Waals surface area contributed by atoms with E-state index in [0.717, 1.165) is 63.3 Å². The van der Waals surface area contributed by atoms with Crippen LogP contribution in [0.5, 0.6) is 5.75 Å². The lowest BCUT2D eigenvalue weighted by atomic mass is 9.94. The summed E-state index contributed by atoms with van der Waals surface area (Å²) in [5.41, 5.74) is 2.82. The van der Waals surface area contributed by atoms with Crippen molar-refractivity contribution in [2.24, 2.45) is 5.92 Å². The van der Waals surface area contributed by atoms with E-state index in [1.807, 2.05) is 0 Å². The number of benzene rings is 1. The first-order chi connectivity index (χ1) is 17.0. The van der Waals surface area contributed by atoms with Crippen molar-refractivity contribution in [1.29, 1.82) is 0 Å². The van der Waals surface area contributed by atoms with Crippen LogP contribution < -0.4 is 10.1 Å². The van der Waals surface area contributed by atoms with Crippen LogP contribution in [0.25, 0.3) is 0 Å². The van der Waals surface area contributed by atoms with Gasteiger partial charge >= 0.3 is 5.97 Å². The number of anilines is 1. The van der Waals surface area contributed by atoms with Crippen molar-refractivity contribution >= 4 is 11.8 Å². The third kappa shape index (κ3) is 7.15. The number of aliphatic carboxylic acids is 1. The Morgan fingerprint density at radius 2 is 2.20 bits per heavy atom. The number of carboxylic acid groups (broad SMARTS) is 1. The van der Waals surface area contributed by atoms with Gasteiger partial charge in [0.15, 0.2) is 0 Å². The van der Waals surface area contributed by atoms with Crippen LogP contribution in [0.1, 0.15) is 48.4 Å². The summed E-state index contributed by atoms with van der Waals surface area (Å²) in [6.45, 7) is 4.08. The highest BCUT2D eigenvalue weighted by Gasteiger charge is 2.28. The van der Waals surface area contributed by atoms with E-state index in [4.69, 9.17) is 14.5 Å². The first-order valence-electron chi connectivity index (χ1n) is 12.6. The standard InChI is InChI=1S/C27H36FN3O4/c1-34-13-14-35-23-8-9-25(28)24(16-23)21(15-26(32)33)18-31-12-10-19(17-31)4-6-22-7-5-20-3-2-11-29-27(20)30-22/h5,7-9,16,19,21H,2-4,6,10-15,17-18H2,1H3,(H,29,30)(H,32,33). The maximum Gasteiger partial charge on any atom is 0.304 e. The zero-order valence-corrected chi connectivity index (χ0v) is 20.5. The third-order valence-corrected chi connectivity index (χ3v) is 6.99. The average Bonchev–Trinajstić information content (AvgIpc) is 3.30. The number of carboxylic acids is 1. The number of nitrogens with one attached hydrogen (secondary N) is 1. The zero-order valence-electron chi connectivity index (χ0n) is 20.5. The second-order valence-corrected chi connectivity index (χ2v) is 9.61. The van der Waals surface area contributed by atoms with Crippen LogP contribution in [-0.2, 0) is 22.4 Å². The Bertz CT molecular complexity index is 1000. The molecule has 190 valence electrons. The molecule has 2 aliphatic heterocycles. The lowest BCUT2D eigenvalue weighted by Crippen LogP contribution is -2.28. The van der Waals surface area contributed by atoms with E-state index in [9.17, 15) is 14.3 Å². The van der Waals surface area contributed by atoms with E-state index in [-0.39, 0.29) is 6.42 Å². The number of aryl methyl sites for hydroxylation is 2. The minimum atomic E-state index is -0.928. The molecule has 1 fully saturated rings. The number of likely N-dealkylation sites (tertiary alicyclic amines) is 1. The van der Waals surface area contributed by atoms with Crippen molar-refractivity contribution in [2.75, 3.05) is 51.8 Å². The normalized spacial score (nSPS) is 18.6. The van der Waals surface area contributed by atoms with Crippen molar-refractivity contribution in [3.8, 4) is 5.75 Å². The summed E-state index contributed by atoms with van der Waals surface area (Å²) >= 11 is 0. The fourth-order valence-corrected chi connectivity index (χ4v) is 5.14. The Hall–Kier alpha value is -2.71. The summed E-state index contributed by atoms with van der Waals surface area (Å²) in [5, 5.41) is 12.9. The molecule has 0 bridgehead atoms. The van der Waals surface area contributed by atoms with Gasteiger partial charge in [-0.3, -0.25) is 4.79 Å². The molecule has 0 amide bonds. The summed E-state index contributed by atoms with van der Waals surface area (Å²) < 4.78 is 25.4. The Morgan fingerprint density at radius 1 is 1.31 bits per heavy atom. The second-order valence-electron chi connectivity index (χ2n) is 9.61. The number of nitrogens with zero attached hydrogens (tertiary/aromatic N) is 2. The number of rotatable bonds is 12. The number of carbonyl (C=O) groups is 1. The first kappa shape index (κ1) is 25.4. The van der Waals surface area contributed by atoms with Gasteiger partial charge in [-0.15, -0.1) is 0 Å². The Morgan fingerprint density at radius 3 is 3.03 bits per heavy atom. The fraction of sp³-hybridized carbons (Fsp3) is 0.556. The van der Waals surface area contributed by atoms with Crippen LogP contribution >= 0.6 is 0 Å². The van der Waals surface area contributed by atoms with E-state index in [1.54, 1.807) is 19.2 Å². The predicted molar refractivity (Wildman–Crippen MR) is 133 cm³/mol. The van der Waals surface area contributed by atoms with E-state index in [2.05, 4.69) is 22.3 Å². The van der Waals surface area contributed by atoms with Crippen molar-refractivity contribution in [3.05, 3.63) is 53.0 Å². The van der Waals surface area contributed by atoms with E-state index in [0.29, 0.717) is 37.0 Å². The van der Waals surface area contributed by atoms with Gasteiger partial charge in [0.05, 0.1) is 13.0 Å². The molecule has 2 N–H and O–H groups in total. The molecule has 2 aliphatic rings. The number of ether oxygens (including phenoxy) is 2. The van der Waals surface area contributed by atoms with Crippen molar-refractivity contribution in [3.63, 3.8) is 0 Å². The fourth-order valence-electron chi connectivity index (χ4n) is 5.14. The SMILES string of the molecule is COCCOc1ccc(F)c(C(CC(=O)O)CN2CCC(CCc3ccc4c(n3)NCCC4)C2)c1. The predicted octanol–water partition coefficient (Wildman–Crippen LogP) is 4.12. The number of halogens is 1. The molecule has 2 unspecified atom stereocenters. The number of aromatic nitrogens is 1. The summed E-state index contributed by atoms with van der Waals surface area (Å²) in [4.78, 5) is 18.7. The minimum absolute atomic E-state index is 0.119. The average molecular weight is 486 g/mol. The number of pyridine rings is 1. The van der Waals surface area contributed by atoms with Gasteiger partial charge in [-0.1, -0.05) is 6.07 Å². The number of methoxy groups -OCH3 is 1. The Labute approximate surface area is 206 Å². The smallest absolute Gasteiger partial charge is 0.304 e. The van der Waals surface area contributed by atoms with Crippen LogP contribution in [0.2, 0.25) is 0 Å². The van der Waals surface area contributed by atoms with Crippen LogP contribution in [0.3, 0.4) is 0 Å². The highest BCUT2D eigenvalue weighted by molar-refractivity contribution is 5.68. The molecule has 0 saturated carbocycles. The second kappa shape index (κ2) is 12.3. The molecule has 2 aromatic rings. The van der Waals surface area contributed by atoms with E-state index >= 15 is 0 Å². The van der Waals surface area contributed by atoms with Crippen LogP contribution in [0, 0.1) is 11.7 Å². The number of hydrogen-bond acceptors (Lipinski definition) is 6. The molecular formula is C27H36FN3O4. The van der Waals surface area contributed by atoms with E-state index < -0.39 is 17.7 Å². The van der Waals surface area contributed by atoms with Gasteiger partial charge in [0.2, 0.25) is 0 Å². The maximum absolute atomic E-state index is 14.7. The molecule has 4 rings (SSSR count). The van der Waals surface area contributed by atoms with E-state index in [1.165, 1.54) is 11.6 Å². The Kier molecular flexibility index (Phi) is 8.93. The third-order valence-electron chi connectivity index (χ3n) is 6.99. The molecule has 1 aromatic carbocycles. The quantitative estimate of drug-likeness (QED) is 0.438. The largest absolute Gasteiger partial charge is 0.491 e. The highest BCUT2D eigenvalue weighted by Crippen LogP contribution is 2.31. The lowest BCUT2D eigenvalue weighted by molar-refractivity contribution is -0.137. The van der Waals surface area contributed by atoms with Crippen molar-refractivity contribution in [1.82, 2.24) is 9.88 Å². The van der Waals surface area contributed by atoms with Crippen molar-refractivity contribution < 1.29 is 23.8 Å². The highest BCUT2D eigenvalue weighted by atomic mass is 19.1. The van der Waals surface area contributed by atoms with Crippen LogP contribution in [0.15, 0.2) is 30.3 Å². The summed E-state index contributed by atoms with van der Waals surface area (Å²) in [6, 6.07) is 8.92. The molecule has 1 saturated heterocycles. The topological polar surface area (TPSA) is 83.9 Å². The van der Waals surface area contributed by atoms with Crippen LogP contribution in [-0.4, -0.2) is 67.5 Å². The van der Waals surface area contributed by atoms with Gasteiger partial charge in [-0.25, -0.2) is 9.37 Å². The molecule has 0 spiro atoms. The summed E-state index contributed by atoms with van der Waals surface area (Å²) in [5.74, 6) is 0.334. The molecule has 8 heteroatoms. The molecule has 2 atom stereocenters. The first-order valence-corrected chi connectivity index (χ1v) is 12.6. The van der Waals surface area contributed by atoms with Gasteiger partial charge in [-0.05, 0) is 80.0 Å². The molecule has 0 aliphatic carbocycles. The molecule has 35 heavy (non-hydrogen) atoms. The summed E-state index contributed by atoms with van der Waals surface area (Å²) in [7, 11) is 1.59. The van der Waals surface area contributed by atoms with Gasteiger partial charge in [-0.2, -0.15) is 0 Å². The zero-order chi connectivity index (χ0) is 24.6. The molecule has 3 heterocycles.